The number of ether oxygens (including phenoxy) is 2. The summed E-state index contributed by atoms with van der Waals surface area (Å²) in [6, 6.07) is 1.04. The Bertz CT molecular complexity index is 1410. The van der Waals surface area contributed by atoms with Crippen LogP contribution < -0.4 is 14.4 Å². The topological polar surface area (TPSA) is 107 Å². The van der Waals surface area contributed by atoms with Crippen LogP contribution in [-0.4, -0.2) is 57.5 Å². The Labute approximate surface area is 222 Å². The van der Waals surface area contributed by atoms with Crippen molar-refractivity contribution in [2.24, 2.45) is 5.92 Å². The molecular formula is C26H27F3N6O4. The molecule has 5 heterocycles. The molecule has 10 nitrogen and oxygen atoms in total. The van der Waals surface area contributed by atoms with Crippen molar-refractivity contribution < 1.29 is 31.9 Å². The number of aromatic nitrogens is 4. The van der Waals surface area contributed by atoms with Gasteiger partial charge in [0.2, 0.25) is 17.5 Å². The Morgan fingerprint density at radius 3 is 2.72 bits per heavy atom. The standard InChI is InChI=1S/C26H27F3N6O4/c1-15-22(39-16(2)33-15)25(36)35-7-4-17(12-35)6-9-38-23-19-13-34(8-5-21(19)31-14-32-23)18-10-20(26(27,28)29)24(37-3)30-11-18/h6,9-11,14,17H,4-5,7-8,12-13H2,1-3H3. The molecule has 0 aromatic carbocycles. The number of aryl methyl sites for hydroxylation is 2. The van der Waals surface area contributed by atoms with E-state index in [0.717, 1.165) is 25.3 Å². The summed E-state index contributed by atoms with van der Waals surface area (Å²) in [6.07, 6.45) is 2.86. The number of rotatable bonds is 6. The minimum absolute atomic E-state index is 0.0820. The highest BCUT2D eigenvalue weighted by atomic mass is 19.4. The number of hydrogen-bond acceptors (Lipinski definition) is 9. The number of carbonyl (C=O) groups is 1. The Balaban J connectivity index is 1.26. The zero-order chi connectivity index (χ0) is 27.7. The highest BCUT2D eigenvalue weighted by Gasteiger charge is 2.36. The third kappa shape index (κ3) is 5.52. The molecule has 0 aliphatic carbocycles. The van der Waals surface area contributed by atoms with Crippen LogP contribution in [0.1, 0.15) is 45.4 Å². The lowest BCUT2D eigenvalue weighted by Gasteiger charge is -2.30. The first-order valence-electron chi connectivity index (χ1n) is 12.4. The van der Waals surface area contributed by atoms with Gasteiger partial charge in [0.15, 0.2) is 5.89 Å². The summed E-state index contributed by atoms with van der Waals surface area (Å²) >= 11 is 0. The van der Waals surface area contributed by atoms with Gasteiger partial charge in [-0.05, 0) is 31.4 Å². The molecule has 3 aromatic rings. The van der Waals surface area contributed by atoms with Gasteiger partial charge in [0.25, 0.3) is 5.91 Å². The maximum absolute atomic E-state index is 13.5. The van der Waals surface area contributed by atoms with Gasteiger partial charge in [-0.2, -0.15) is 13.2 Å². The van der Waals surface area contributed by atoms with Crippen LogP contribution in [0.25, 0.3) is 0 Å². The van der Waals surface area contributed by atoms with E-state index in [2.05, 4.69) is 19.9 Å². The first-order chi connectivity index (χ1) is 18.6. The highest BCUT2D eigenvalue weighted by Crippen LogP contribution is 2.38. The van der Waals surface area contributed by atoms with Gasteiger partial charge in [0, 0.05) is 33.0 Å². The van der Waals surface area contributed by atoms with E-state index in [0.29, 0.717) is 54.8 Å². The summed E-state index contributed by atoms with van der Waals surface area (Å²) in [5, 5.41) is 0. The number of anilines is 1. The van der Waals surface area contributed by atoms with Crippen LogP contribution in [0.3, 0.4) is 0 Å². The molecule has 1 amide bonds. The maximum Gasteiger partial charge on any atom is 0.421 e. The zero-order valence-electron chi connectivity index (χ0n) is 21.7. The predicted octanol–water partition coefficient (Wildman–Crippen LogP) is 4.12. The quantitative estimate of drug-likeness (QED) is 0.424. The molecule has 1 atom stereocenters. The number of carbonyl (C=O) groups excluding carboxylic acids is 1. The fraction of sp³-hybridized carbons (Fsp3) is 0.423. The van der Waals surface area contributed by atoms with Gasteiger partial charge in [-0.1, -0.05) is 0 Å². The van der Waals surface area contributed by atoms with E-state index >= 15 is 0 Å². The Hall–Kier alpha value is -4.16. The second kappa shape index (κ2) is 10.5. The van der Waals surface area contributed by atoms with E-state index < -0.39 is 17.6 Å². The van der Waals surface area contributed by atoms with E-state index in [1.807, 2.05) is 6.08 Å². The third-order valence-electron chi connectivity index (χ3n) is 6.80. The lowest BCUT2D eigenvalue weighted by molar-refractivity contribution is -0.139. The number of alkyl halides is 3. The molecule has 13 heteroatoms. The van der Waals surface area contributed by atoms with Gasteiger partial charge in [-0.15, -0.1) is 0 Å². The number of fused-ring (bicyclic) bond motifs is 1. The number of pyridine rings is 1. The molecular weight excluding hydrogens is 517 g/mol. The summed E-state index contributed by atoms with van der Waals surface area (Å²) < 4.78 is 56.7. The van der Waals surface area contributed by atoms with Crippen LogP contribution in [0.15, 0.2) is 35.3 Å². The van der Waals surface area contributed by atoms with Gasteiger partial charge >= 0.3 is 6.18 Å². The SMILES string of the molecule is COc1ncc(N2CCc3ncnc(OC=CC4CCN(C(=O)c5oc(C)nc5C)C4)c3C2)cc1C(F)(F)F. The summed E-state index contributed by atoms with van der Waals surface area (Å²) in [5.41, 5.74) is 1.42. The molecule has 3 aromatic heterocycles. The number of nitrogens with zero attached hydrogens (tertiary/aromatic N) is 6. The summed E-state index contributed by atoms with van der Waals surface area (Å²) in [7, 11) is 1.15. The molecule has 39 heavy (non-hydrogen) atoms. The molecule has 0 N–H and O–H groups in total. The Kier molecular flexibility index (Phi) is 7.15. The van der Waals surface area contributed by atoms with E-state index in [1.165, 1.54) is 12.5 Å². The van der Waals surface area contributed by atoms with E-state index in [1.54, 1.807) is 29.9 Å². The van der Waals surface area contributed by atoms with Gasteiger partial charge in [0.1, 0.15) is 11.9 Å². The molecule has 206 valence electrons. The molecule has 0 saturated carbocycles. The van der Waals surface area contributed by atoms with Crippen molar-refractivity contribution in [2.75, 3.05) is 31.6 Å². The number of hydrogen-bond donors (Lipinski definition) is 0. The van der Waals surface area contributed by atoms with Gasteiger partial charge in [0.05, 0.1) is 48.8 Å². The fourth-order valence-electron chi connectivity index (χ4n) is 4.83. The van der Waals surface area contributed by atoms with Gasteiger partial charge in [-0.25, -0.2) is 19.9 Å². The van der Waals surface area contributed by atoms with Gasteiger partial charge in [-0.3, -0.25) is 4.79 Å². The largest absolute Gasteiger partial charge is 0.481 e. The summed E-state index contributed by atoms with van der Waals surface area (Å²) in [6.45, 7) is 5.26. The highest BCUT2D eigenvalue weighted by molar-refractivity contribution is 5.92. The van der Waals surface area contributed by atoms with Crippen molar-refractivity contribution in [2.45, 2.75) is 39.4 Å². The molecule has 2 aliphatic heterocycles. The number of amides is 1. The zero-order valence-corrected chi connectivity index (χ0v) is 21.7. The lowest BCUT2D eigenvalue weighted by Crippen LogP contribution is -2.32. The lowest BCUT2D eigenvalue weighted by atomic mass is 10.1. The first kappa shape index (κ1) is 26.4. The number of halogens is 3. The second-order valence-corrected chi connectivity index (χ2v) is 9.42. The average Bonchev–Trinajstić information content (AvgIpc) is 3.53. The fourth-order valence-corrected chi connectivity index (χ4v) is 4.83. The van der Waals surface area contributed by atoms with Crippen LogP contribution in [0, 0.1) is 19.8 Å². The van der Waals surface area contributed by atoms with Crippen molar-refractivity contribution in [3.8, 4) is 11.8 Å². The van der Waals surface area contributed by atoms with Crippen LogP contribution in [0.2, 0.25) is 0 Å². The van der Waals surface area contributed by atoms with Crippen molar-refractivity contribution in [1.82, 2.24) is 24.8 Å². The normalized spacial score (nSPS) is 17.5. The minimum atomic E-state index is -4.60. The van der Waals surface area contributed by atoms with E-state index in [9.17, 15) is 18.0 Å². The van der Waals surface area contributed by atoms with Crippen LogP contribution >= 0.6 is 0 Å². The van der Waals surface area contributed by atoms with Crippen LogP contribution in [0.5, 0.6) is 11.8 Å². The van der Waals surface area contributed by atoms with Crippen LogP contribution in [0.4, 0.5) is 18.9 Å². The average molecular weight is 545 g/mol. The minimum Gasteiger partial charge on any atom is -0.481 e. The van der Waals surface area contributed by atoms with E-state index in [4.69, 9.17) is 13.9 Å². The van der Waals surface area contributed by atoms with Crippen molar-refractivity contribution in [1.29, 1.82) is 0 Å². The molecule has 1 fully saturated rings. The van der Waals surface area contributed by atoms with Crippen molar-refractivity contribution in [3.63, 3.8) is 0 Å². The second-order valence-electron chi connectivity index (χ2n) is 9.42. The first-order valence-corrected chi connectivity index (χ1v) is 12.4. The Morgan fingerprint density at radius 2 is 2.00 bits per heavy atom. The number of oxazole rings is 1. The van der Waals surface area contributed by atoms with Crippen LogP contribution in [-0.2, 0) is 19.1 Å². The maximum atomic E-state index is 13.5. The third-order valence-corrected chi connectivity index (χ3v) is 6.80. The number of likely N-dealkylation sites (tertiary alicyclic amines) is 1. The van der Waals surface area contributed by atoms with E-state index in [-0.39, 0.29) is 24.1 Å². The smallest absolute Gasteiger partial charge is 0.421 e. The molecule has 1 unspecified atom stereocenters. The molecule has 0 bridgehead atoms. The van der Waals surface area contributed by atoms with Crippen molar-refractivity contribution in [3.05, 3.63) is 65.1 Å². The Morgan fingerprint density at radius 1 is 1.18 bits per heavy atom. The molecule has 2 aliphatic rings. The molecule has 5 rings (SSSR count). The molecule has 1 saturated heterocycles. The summed E-state index contributed by atoms with van der Waals surface area (Å²) in [4.78, 5) is 32.9. The monoisotopic (exact) mass is 544 g/mol. The molecule has 0 spiro atoms. The van der Waals surface area contributed by atoms with Gasteiger partial charge < -0.3 is 23.7 Å². The van der Waals surface area contributed by atoms with Crippen molar-refractivity contribution >= 4 is 11.6 Å². The number of methoxy groups -OCH3 is 1. The predicted molar refractivity (Wildman–Crippen MR) is 132 cm³/mol. The summed E-state index contributed by atoms with van der Waals surface area (Å²) in [5.74, 6) is 0.474. The molecule has 0 radical (unpaired) electrons.